The van der Waals surface area contributed by atoms with E-state index in [9.17, 15) is 31.8 Å². The van der Waals surface area contributed by atoms with Gasteiger partial charge >= 0.3 is 5.97 Å². The fraction of sp³-hybridized carbons (Fsp3) is 0.417. The van der Waals surface area contributed by atoms with Gasteiger partial charge in [0.25, 0.3) is 10.0 Å². The Bertz CT molecular complexity index is 1780. The molecular formula is C36H48N4O8S2. The van der Waals surface area contributed by atoms with E-state index in [1.807, 2.05) is 49.4 Å². The number of aliphatic hydroxyl groups is 1. The summed E-state index contributed by atoms with van der Waals surface area (Å²) in [5, 5.41) is 23.2. The highest BCUT2D eigenvalue weighted by molar-refractivity contribution is 7.93. The van der Waals surface area contributed by atoms with Crippen LogP contribution in [0.1, 0.15) is 62.7 Å². The van der Waals surface area contributed by atoms with Gasteiger partial charge in [0.1, 0.15) is 11.0 Å². The van der Waals surface area contributed by atoms with Crippen molar-refractivity contribution in [2.45, 2.75) is 69.3 Å². The van der Waals surface area contributed by atoms with Crippen LogP contribution in [0.2, 0.25) is 0 Å². The molecule has 12 nitrogen and oxygen atoms in total. The topological polar surface area (TPSA) is 166 Å². The Morgan fingerprint density at radius 2 is 1.74 bits per heavy atom. The van der Waals surface area contributed by atoms with Crippen LogP contribution in [-0.4, -0.2) is 70.2 Å². The predicted molar refractivity (Wildman–Crippen MR) is 197 cm³/mol. The molecule has 1 fully saturated rings. The first-order chi connectivity index (χ1) is 23.8. The molecule has 1 heterocycles. The number of aromatic hydroxyl groups is 1. The van der Waals surface area contributed by atoms with Crippen molar-refractivity contribution in [3.8, 4) is 5.75 Å². The first kappa shape index (κ1) is 38.7. The summed E-state index contributed by atoms with van der Waals surface area (Å²) in [6.45, 7) is 7.38. The summed E-state index contributed by atoms with van der Waals surface area (Å²) in [6, 6.07) is 20.8. The van der Waals surface area contributed by atoms with E-state index >= 15 is 0 Å². The number of carbonyl (C=O) groups excluding carboxylic acids is 1. The number of hydrogen-bond acceptors (Lipinski definition) is 10. The average Bonchev–Trinajstić information content (AvgIpc) is 3.10. The second kappa shape index (κ2) is 17.7. The number of phenols is 1. The van der Waals surface area contributed by atoms with Crippen molar-refractivity contribution in [1.82, 2.24) is 5.32 Å². The number of nitrogens with one attached hydrogen (secondary N) is 2. The largest absolute Gasteiger partial charge is 0.506 e. The summed E-state index contributed by atoms with van der Waals surface area (Å²) in [7, 11) is -7.72. The standard InChI is InChI=1S/C36H48N4O8S2/c1-4-6-12-32(5-2)50(46,47)40(48-36(43)20-13-27-10-8-7-9-11-27)31-17-15-30(16-18-31)39-23-21-29(22-24-39)37-26-35(42)28-14-19-34(41)33(25-28)38-49(3,44)45/h5,7-11,14-19,25,29,32,35,37-38,41-42H,2,4,6,12-13,20-24,26H2,1,3H3/t32?,35-/m0/s1. The van der Waals surface area contributed by atoms with E-state index in [1.54, 1.807) is 18.2 Å². The van der Waals surface area contributed by atoms with Crippen LogP contribution in [0.25, 0.3) is 0 Å². The number of unbranched alkanes of at least 4 members (excludes halogenated alkanes) is 1. The van der Waals surface area contributed by atoms with Crippen LogP contribution in [0.5, 0.6) is 5.75 Å². The molecule has 0 aliphatic carbocycles. The average molecular weight is 729 g/mol. The summed E-state index contributed by atoms with van der Waals surface area (Å²) in [5.74, 6) is -0.891. The van der Waals surface area contributed by atoms with E-state index in [1.165, 1.54) is 18.2 Å². The molecule has 50 heavy (non-hydrogen) atoms. The zero-order valence-electron chi connectivity index (χ0n) is 28.6. The highest BCUT2D eigenvalue weighted by Gasteiger charge is 2.34. The van der Waals surface area contributed by atoms with Crippen LogP contribution < -0.4 is 19.4 Å². The number of phenolic OH excluding ortho intramolecular Hbond substituents is 1. The quantitative estimate of drug-likeness (QED) is 0.0794. The lowest BCUT2D eigenvalue weighted by Crippen LogP contribution is -2.43. The Morgan fingerprint density at radius 1 is 1.06 bits per heavy atom. The van der Waals surface area contributed by atoms with Gasteiger partial charge in [-0.3, -0.25) is 4.72 Å². The molecule has 0 aromatic heterocycles. The number of sulfonamides is 2. The molecular weight excluding hydrogens is 681 g/mol. The Morgan fingerprint density at radius 3 is 2.36 bits per heavy atom. The molecule has 3 aromatic carbocycles. The number of aliphatic hydroxyl groups excluding tert-OH is 1. The number of benzene rings is 3. The molecule has 3 aromatic rings. The monoisotopic (exact) mass is 728 g/mol. The number of rotatable bonds is 18. The Kier molecular flexibility index (Phi) is 13.7. The lowest BCUT2D eigenvalue weighted by atomic mass is 10.0. The molecule has 0 radical (unpaired) electrons. The van der Waals surface area contributed by atoms with Gasteiger partial charge in [-0.15, -0.1) is 6.58 Å². The van der Waals surface area contributed by atoms with Crippen molar-refractivity contribution in [2.75, 3.05) is 40.0 Å². The number of hydrogen-bond donors (Lipinski definition) is 4. The van der Waals surface area contributed by atoms with Crippen LogP contribution in [-0.2, 0) is 36.1 Å². The van der Waals surface area contributed by atoms with Crippen LogP contribution in [0.15, 0.2) is 85.5 Å². The number of anilines is 3. The van der Waals surface area contributed by atoms with Crippen molar-refractivity contribution in [1.29, 1.82) is 0 Å². The van der Waals surface area contributed by atoms with Crippen molar-refractivity contribution in [3.63, 3.8) is 0 Å². The lowest BCUT2D eigenvalue weighted by Gasteiger charge is -2.34. The van der Waals surface area contributed by atoms with Crippen LogP contribution in [0.4, 0.5) is 17.1 Å². The second-order valence-electron chi connectivity index (χ2n) is 12.5. The minimum Gasteiger partial charge on any atom is -0.506 e. The Balaban J connectivity index is 1.38. The first-order valence-corrected chi connectivity index (χ1v) is 20.2. The van der Waals surface area contributed by atoms with Gasteiger partial charge in [-0.2, -0.15) is 0 Å². The predicted octanol–water partition coefficient (Wildman–Crippen LogP) is 5.03. The molecule has 1 unspecified atom stereocenters. The third-order valence-electron chi connectivity index (χ3n) is 8.59. The molecule has 4 rings (SSSR count). The van der Waals surface area contributed by atoms with Crippen LogP contribution >= 0.6 is 0 Å². The second-order valence-corrected chi connectivity index (χ2v) is 16.2. The molecule has 1 saturated heterocycles. The molecule has 0 amide bonds. The highest BCUT2D eigenvalue weighted by atomic mass is 32.2. The summed E-state index contributed by atoms with van der Waals surface area (Å²) in [5.41, 5.74) is 2.52. The van der Waals surface area contributed by atoms with Crippen molar-refractivity contribution in [2.24, 2.45) is 0 Å². The van der Waals surface area contributed by atoms with E-state index in [2.05, 4.69) is 21.5 Å². The summed E-state index contributed by atoms with van der Waals surface area (Å²) < 4.78 is 53.8. The molecule has 0 spiro atoms. The third-order valence-corrected chi connectivity index (χ3v) is 11.1. The van der Waals surface area contributed by atoms with Gasteiger partial charge in [-0.05, 0) is 73.2 Å². The SMILES string of the molecule is C=CC(CCCC)S(=O)(=O)N(OC(=O)CCc1ccccc1)c1ccc(N2CCC(NC[C@H](O)c3ccc(O)c(NS(C)(=O)=O)c3)CC2)cc1. The van der Waals surface area contributed by atoms with Gasteiger partial charge in [-0.25, -0.2) is 21.6 Å². The van der Waals surface area contributed by atoms with Crippen molar-refractivity contribution >= 4 is 43.1 Å². The van der Waals surface area contributed by atoms with E-state index in [-0.39, 0.29) is 36.1 Å². The van der Waals surface area contributed by atoms with Gasteiger partial charge in [-0.1, -0.05) is 66.7 Å². The number of carbonyl (C=O) groups is 1. The first-order valence-electron chi connectivity index (χ1n) is 16.8. The summed E-state index contributed by atoms with van der Waals surface area (Å²) in [6.07, 6.45) is 5.28. The number of piperidine rings is 1. The third kappa shape index (κ3) is 10.9. The van der Waals surface area contributed by atoms with Crippen molar-refractivity contribution in [3.05, 3.63) is 96.6 Å². The molecule has 272 valence electrons. The number of aryl methyl sites for hydroxylation is 1. The summed E-state index contributed by atoms with van der Waals surface area (Å²) >= 11 is 0. The fourth-order valence-corrected chi connectivity index (χ4v) is 7.88. The van der Waals surface area contributed by atoms with Crippen LogP contribution in [0.3, 0.4) is 0 Å². The number of nitrogens with zero attached hydrogens (tertiary/aromatic N) is 2. The molecule has 14 heteroatoms. The molecule has 4 N–H and O–H groups in total. The smallest absolute Gasteiger partial charge is 0.334 e. The minimum atomic E-state index is -4.12. The van der Waals surface area contributed by atoms with Gasteiger partial charge in [0.2, 0.25) is 10.0 Å². The highest BCUT2D eigenvalue weighted by Crippen LogP contribution is 2.30. The molecule has 0 bridgehead atoms. The van der Waals surface area contributed by atoms with E-state index in [0.717, 1.165) is 41.2 Å². The zero-order valence-corrected chi connectivity index (χ0v) is 30.2. The Labute approximate surface area is 295 Å². The maximum absolute atomic E-state index is 13.8. The molecule has 1 aliphatic rings. The van der Waals surface area contributed by atoms with E-state index < -0.39 is 37.4 Å². The van der Waals surface area contributed by atoms with Gasteiger partial charge in [0.15, 0.2) is 0 Å². The zero-order chi connectivity index (χ0) is 36.3. The summed E-state index contributed by atoms with van der Waals surface area (Å²) in [4.78, 5) is 20.7. The van der Waals surface area contributed by atoms with Gasteiger partial charge in [0, 0.05) is 31.4 Å². The molecule has 0 saturated carbocycles. The van der Waals surface area contributed by atoms with E-state index in [4.69, 9.17) is 4.84 Å². The van der Waals surface area contributed by atoms with E-state index in [0.29, 0.717) is 37.9 Å². The fourth-order valence-electron chi connectivity index (χ4n) is 5.76. The molecule has 2 atom stereocenters. The van der Waals surface area contributed by atoms with Gasteiger partial charge < -0.3 is 25.3 Å². The van der Waals surface area contributed by atoms with Gasteiger partial charge in [0.05, 0.1) is 30.2 Å². The lowest BCUT2D eigenvalue weighted by molar-refractivity contribution is -0.143. The van der Waals surface area contributed by atoms with Crippen LogP contribution in [0, 0.1) is 0 Å². The maximum atomic E-state index is 13.8. The molecule has 1 aliphatic heterocycles. The normalized spacial score (nSPS) is 15.2. The van der Waals surface area contributed by atoms with Crippen molar-refractivity contribution < 1.29 is 36.7 Å². The maximum Gasteiger partial charge on any atom is 0.334 e. The Hall–Kier alpha value is -4.11. The minimum absolute atomic E-state index is 0.00216.